The Labute approximate surface area is 187 Å². The fourth-order valence-electron chi connectivity index (χ4n) is 3.77. The van der Waals surface area contributed by atoms with Crippen LogP contribution in [-0.4, -0.2) is 0 Å². The molecule has 2 rings (SSSR count). The fraction of sp³-hybridized carbons (Fsp3) is 0.533. The van der Waals surface area contributed by atoms with Gasteiger partial charge in [-0.1, -0.05) is 129 Å². The summed E-state index contributed by atoms with van der Waals surface area (Å²) in [5.41, 5.74) is 5.73. The predicted octanol–water partition coefficient (Wildman–Crippen LogP) is 9.49. The minimum absolute atomic E-state index is 0.228. The lowest BCUT2D eigenvalue weighted by Crippen LogP contribution is -2.11. The molecule has 0 saturated heterocycles. The summed E-state index contributed by atoms with van der Waals surface area (Å²) in [6, 6.07) is 19.7. The Morgan fingerprint density at radius 2 is 1.37 bits per heavy atom. The second-order valence-electron chi connectivity index (χ2n) is 9.83. The second kappa shape index (κ2) is 13.5. The van der Waals surface area contributed by atoms with Gasteiger partial charge in [-0.15, -0.1) is 0 Å². The van der Waals surface area contributed by atoms with Crippen molar-refractivity contribution < 1.29 is 0 Å². The van der Waals surface area contributed by atoms with Crippen molar-refractivity contribution in [1.82, 2.24) is 0 Å². The first-order valence-electron chi connectivity index (χ1n) is 12.1. The van der Waals surface area contributed by atoms with Gasteiger partial charge in [0.1, 0.15) is 0 Å². The molecule has 30 heavy (non-hydrogen) atoms. The molecule has 2 aromatic carbocycles. The maximum Gasteiger partial charge on any atom is -0.0132 e. The Morgan fingerprint density at radius 1 is 0.833 bits per heavy atom. The van der Waals surface area contributed by atoms with Crippen LogP contribution in [0.3, 0.4) is 0 Å². The summed E-state index contributed by atoms with van der Waals surface area (Å²) >= 11 is 0. The van der Waals surface area contributed by atoms with Gasteiger partial charge < -0.3 is 0 Å². The average molecular weight is 407 g/mol. The van der Waals surface area contributed by atoms with Crippen molar-refractivity contribution in [2.45, 2.75) is 92.4 Å². The lowest BCUT2D eigenvalue weighted by Gasteiger charge is -2.22. The number of hydrogen-bond donors (Lipinski definition) is 0. The lowest BCUT2D eigenvalue weighted by molar-refractivity contribution is 0.544. The van der Waals surface area contributed by atoms with Gasteiger partial charge in [-0.25, -0.2) is 0 Å². The predicted molar refractivity (Wildman–Crippen MR) is 137 cm³/mol. The van der Waals surface area contributed by atoms with Crippen LogP contribution >= 0.6 is 0 Å². The van der Waals surface area contributed by atoms with Crippen LogP contribution in [0.5, 0.6) is 0 Å². The minimum atomic E-state index is 0.228. The van der Waals surface area contributed by atoms with Gasteiger partial charge in [0.05, 0.1) is 0 Å². The molecule has 0 spiro atoms. The molecule has 0 amide bonds. The van der Waals surface area contributed by atoms with E-state index in [9.17, 15) is 0 Å². The molecular weight excluding hydrogens is 360 g/mol. The summed E-state index contributed by atoms with van der Waals surface area (Å²) in [6.45, 7) is 20.2. The van der Waals surface area contributed by atoms with Crippen LogP contribution in [-0.2, 0) is 11.8 Å². The van der Waals surface area contributed by atoms with Crippen molar-refractivity contribution in [3.63, 3.8) is 0 Å². The van der Waals surface area contributed by atoms with E-state index >= 15 is 0 Å². The Morgan fingerprint density at radius 3 is 1.80 bits per heavy atom. The summed E-state index contributed by atoms with van der Waals surface area (Å²) in [5.74, 6) is 1.47. The average Bonchev–Trinajstić information content (AvgIpc) is 2.73. The van der Waals surface area contributed by atoms with Gasteiger partial charge in [-0.2, -0.15) is 0 Å². The molecule has 0 aliphatic carbocycles. The Balaban J connectivity index is 0.000000346. The summed E-state index contributed by atoms with van der Waals surface area (Å²) in [7, 11) is 0. The van der Waals surface area contributed by atoms with E-state index in [4.69, 9.17) is 0 Å². The van der Waals surface area contributed by atoms with Gasteiger partial charge in [-0.3, -0.25) is 0 Å². The summed E-state index contributed by atoms with van der Waals surface area (Å²) in [5, 5.41) is 0. The number of allylic oxidation sites excluding steroid dienone is 1. The first kappa shape index (κ1) is 26.2. The molecule has 0 radical (unpaired) electrons. The molecule has 1 unspecified atom stereocenters. The molecular formula is C30H46. The molecule has 0 heterocycles. The molecule has 0 aliphatic rings. The van der Waals surface area contributed by atoms with Crippen LogP contribution in [0, 0.1) is 11.8 Å². The Kier molecular flexibility index (Phi) is 11.8. The fourth-order valence-corrected chi connectivity index (χ4v) is 3.77. The molecule has 0 heteroatoms. The maximum absolute atomic E-state index is 4.35. The molecule has 1 atom stereocenters. The van der Waals surface area contributed by atoms with Crippen molar-refractivity contribution in [1.29, 1.82) is 0 Å². The van der Waals surface area contributed by atoms with E-state index in [0.717, 1.165) is 5.92 Å². The van der Waals surface area contributed by atoms with E-state index in [1.807, 2.05) is 0 Å². The monoisotopic (exact) mass is 406 g/mol. The van der Waals surface area contributed by atoms with Crippen LogP contribution in [0.1, 0.15) is 97.3 Å². The normalized spacial score (nSPS) is 12.3. The highest BCUT2D eigenvalue weighted by Crippen LogP contribution is 2.31. The van der Waals surface area contributed by atoms with Crippen molar-refractivity contribution >= 4 is 5.57 Å². The van der Waals surface area contributed by atoms with Crippen molar-refractivity contribution in [2.24, 2.45) is 11.8 Å². The van der Waals surface area contributed by atoms with Gasteiger partial charge >= 0.3 is 0 Å². The third kappa shape index (κ3) is 9.33. The van der Waals surface area contributed by atoms with Crippen LogP contribution in [0.2, 0.25) is 0 Å². The van der Waals surface area contributed by atoms with Crippen molar-refractivity contribution in [3.05, 3.63) is 77.9 Å². The van der Waals surface area contributed by atoms with Gasteiger partial charge in [0.25, 0.3) is 0 Å². The zero-order valence-corrected chi connectivity index (χ0v) is 20.8. The van der Waals surface area contributed by atoms with Gasteiger partial charge in [-0.05, 0) is 58.8 Å². The molecule has 0 nitrogen and oxygen atoms in total. The Bertz CT molecular complexity index is 694. The third-order valence-corrected chi connectivity index (χ3v) is 6.01. The largest absolute Gasteiger partial charge is 0.0950 e. The molecule has 0 N–H and O–H groups in total. The molecule has 0 saturated carbocycles. The van der Waals surface area contributed by atoms with E-state index in [0.29, 0.717) is 5.92 Å². The van der Waals surface area contributed by atoms with Crippen LogP contribution in [0.25, 0.3) is 5.57 Å². The van der Waals surface area contributed by atoms with E-state index in [1.165, 1.54) is 60.8 Å². The van der Waals surface area contributed by atoms with Gasteiger partial charge in [0.2, 0.25) is 0 Å². The summed E-state index contributed by atoms with van der Waals surface area (Å²) in [4.78, 5) is 0. The topological polar surface area (TPSA) is 0 Å². The molecule has 0 fully saturated rings. The summed E-state index contributed by atoms with van der Waals surface area (Å²) in [6.07, 6.45) is 7.49. The molecule has 0 bridgehead atoms. The molecule has 0 aliphatic heterocycles. The smallest absolute Gasteiger partial charge is 0.0132 e. The number of rotatable bonds is 9. The zero-order chi connectivity index (χ0) is 22.6. The quantitative estimate of drug-likeness (QED) is 0.389. The highest BCUT2D eigenvalue weighted by molar-refractivity contribution is 5.65. The highest BCUT2D eigenvalue weighted by Gasteiger charge is 2.15. The minimum Gasteiger partial charge on any atom is -0.0950 e. The molecule has 166 valence electrons. The van der Waals surface area contributed by atoms with E-state index in [1.54, 1.807) is 0 Å². The molecule has 2 aromatic rings. The van der Waals surface area contributed by atoms with Gasteiger partial charge in [0, 0.05) is 0 Å². The second-order valence-corrected chi connectivity index (χ2v) is 9.83. The number of hydrogen-bond acceptors (Lipinski definition) is 0. The van der Waals surface area contributed by atoms with E-state index in [2.05, 4.69) is 110 Å². The van der Waals surface area contributed by atoms with Crippen molar-refractivity contribution in [2.75, 3.05) is 0 Å². The Hall–Kier alpha value is -1.82. The van der Waals surface area contributed by atoms with E-state index < -0.39 is 0 Å². The van der Waals surface area contributed by atoms with E-state index in [-0.39, 0.29) is 5.41 Å². The first-order chi connectivity index (χ1) is 14.2. The van der Waals surface area contributed by atoms with Crippen LogP contribution in [0.4, 0.5) is 0 Å². The van der Waals surface area contributed by atoms with Crippen LogP contribution < -0.4 is 0 Å². The van der Waals surface area contributed by atoms with Crippen molar-refractivity contribution in [3.8, 4) is 0 Å². The van der Waals surface area contributed by atoms with Crippen LogP contribution in [0.15, 0.2) is 61.2 Å². The highest BCUT2D eigenvalue weighted by atomic mass is 14.2. The molecule has 0 aromatic heterocycles. The SMILES string of the molecule is C=C(c1ccc(C(C)(C)C)cc1)C(CCC)CCC.CCC(C)Cc1ccccc1. The van der Waals surface area contributed by atoms with Gasteiger partial charge in [0.15, 0.2) is 0 Å². The number of benzene rings is 2. The first-order valence-corrected chi connectivity index (χ1v) is 12.1. The third-order valence-electron chi connectivity index (χ3n) is 6.01. The zero-order valence-electron chi connectivity index (χ0n) is 20.8. The maximum atomic E-state index is 4.35. The standard InChI is InChI=1S/C19H30.C11H16/c1-7-9-16(10-8-2)15(3)17-11-13-18(14-12-17)19(4,5)6;1-3-10(2)9-11-7-5-4-6-8-11/h11-14,16H,3,7-10H2,1-2,4-6H3;4-8,10H,3,9H2,1-2H3. The summed E-state index contributed by atoms with van der Waals surface area (Å²) < 4.78 is 0. The lowest BCUT2D eigenvalue weighted by atomic mass is 9.83.